The molecule has 0 fully saturated rings. The highest BCUT2D eigenvalue weighted by molar-refractivity contribution is 7.99. The first-order valence-corrected chi connectivity index (χ1v) is 12.4. The highest BCUT2D eigenvalue weighted by Crippen LogP contribution is 2.23. The molecule has 3 aromatic carbocycles. The number of methoxy groups -OCH3 is 1. The molecule has 0 bridgehead atoms. The van der Waals surface area contributed by atoms with Gasteiger partial charge in [0.25, 0.3) is 5.91 Å². The van der Waals surface area contributed by atoms with Crippen LogP contribution >= 0.6 is 11.8 Å². The molecule has 9 heteroatoms. The SMILES string of the molecule is C=CCn1c(SCC(=O)Nc2ccc3ccccc3c2)nnc1[C@H](C)NC(=O)c1ccc(OC)cc1. The lowest BCUT2D eigenvalue weighted by Gasteiger charge is -2.15. The number of allylic oxidation sites excluding steroid dienone is 1. The van der Waals surface area contributed by atoms with E-state index in [1.165, 1.54) is 11.8 Å². The molecule has 184 valence electrons. The van der Waals surface area contributed by atoms with Crippen molar-refractivity contribution in [3.63, 3.8) is 0 Å². The minimum atomic E-state index is -0.409. The summed E-state index contributed by atoms with van der Waals surface area (Å²) in [7, 11) is 1.58. The van der Waals surface area contributed by atoms with Crippen molar-refractivity contribution in [1.82, 2.24) is 20.1 Å². The van der Waals surface area contributed by atoms with Gasteiger partial charge in [0.15, 0.2) is 11.0 Å². The number of thioether (sulfide) groups is 1. The summed E-state index contributed by atoms with van der Waals surface area (Å²) in [6.45, 7) is 6.10. The van der Waals surface area contributed by atoms with Crippen molar-refractivity contribution >= 4 is 40.0 Å². The summed E-state index contributed by atoms with van der Waals surface area (Å²) in [6.07, 6.45) is 1.73. The van der Waals surface area contributed by atoms with E-state index in [9.17, 15) is 9.59 Å². The number of aromatic nitrogens is 3. The molecule has 8 nitrogen and oxygen atoms in total. The molecule has 0 unspecified atom stereocenters. The van der Waals surface area contributed by atoms with E-state index in [1.54, 1.807) is 37.5 Å². The summed E-state index contributed by atoms with van der Waals surface area (Å²) >= 11 is 1.28. The Morgan fingerprint density at radius 2 is 1.83 bits per heavy atom. The minimum absolute atomic E-state index is 0.147. The second-order valence-electron chi connectivity index (χ2n) is 8.06. The number of anilines is 1. The largest absolute Gasteiger partial charge is 0.497 e. The van der Waals surface area contributed by atoms with E-state index in [1.807, 2.05) is 54.0 Å². The van der Waals surface area contributed by atoms with Gasteiger partial charge >= 0.3 is 0 Å². The zero-order valence-corrected chi connectivity index (χ0v) is 20.9. The van der Waals surface area contributed by atoms with Gasteiger partial charge in [-0.15, -0.1) is 16.8 Å². The van der Waals surface area contributed by atoms with Crippen LogP contribution in [0.1, 0.15) is 29.1 Å². The number of hydrogen-bond donors (Lipinski definition) is 2. The van der Waals surface area contributed by atoms with Crippen molar-refractivity contribution in [3.05, 3.63) is 90.8 Å². The molecule has 1 aromatic heterocycles. The van der Waals surface area contributed by atoms with Crippen LogP contribution in [0.15, 0.2) is 84.5 Å². The van der Waals surface area contributed by atoms with Crippen LogP contribution in [0.4, 0.5) is 5.69 Å². The summed E-state index contributed by atoms with van der Waals surface area (Å²) in [5.74, 6) is 1.04. The predicted octanol–water partition coefficient (Wildman–Crippen LogP) is 4.85. The summed E-state index contributed by atoms with van der Waals surface area (Å²) in [5.41, 5.74) is 1.25. The number of ether oxygens (including phenoxy) is 1. The number of carbonyl (C=O) groups is 2. The van der Waals surface area contributed by atoms with Crippen molar-refractivity contribution in [1.29, 1.82) is 0 Å². The number of nitrogens with one attached hydrogen (secondary N) is 2. The Balaban J connectivity index is 1.40. The molecular weight excluding hydrogens is 474 g/mol. The zero-order chi connectivity index (χ0) is 25.5. The average Bonchev–Trinajstić information content (AvgIpc) is 3.30. The Morgan fingerprint density at radius 3 is 2.56 bits per heavy atom. The van der Waals surface area contributed by atoms with Gasteiger partial charge in [-0.05, 0) is 54.1 Å². The number of benzene rings is 3. The van der Waals surface area contributed by atoms with Crippen LogP contribution in [0, 0.1) is 0 Å². The first-order valence-electron chi connectivity index (χ1n) is 11.4. The Labute approximate surface area is 213 Å². The van der Waals surface area contributed by atoms with Crippen LogP contribution in [-0.2, 0) is 11.3 Å². The van der Waals surface area contributed by atoms with E-state index in [2.05, 4.69) is 27.4 Å². The third kappa shape index (κ3) is 5.92. The summed E-state index contributed by atoms with van der Waals surface area (Å²) in [6, 6.07) is 20.3. The standard InChI is InChI=1S/C27H27N5O3S/c1-4-15-32-25(18(2)28-26(34)20-10-13-23(35-3)14-11-20)30-31-27(32)36-17-24(33)29-22-12-9-19-7-5-6-8-21(19)16-22/h4-14,16,18H,1,15,17H2,2-3H3,(H,28,34)(H,29,33)/t18-/m0/s1. The highest BCUT2D eigenvalue weighted by atomic mass is 32.2. The van der Waals surface area contributed by atoms with Gasteiger partial charge in [-0.2, -0.15) is 0 Å². The van der Waals surface area contributed by atoms with Gasteiger partial charge in [-0.3, -0.25) is 9.59 Å². The van der Waals surface area contributed by atoms with Crippen LogP contribution in [0.25, 0.3) is 10.8 Å². The number of amides is 2. The fraction of sp³-hybridized carbons (Fsp3) is 0.185. The molecule has 0 aliphatic carbocycles. The van der Waals surface area contributed by atoms with Crippen LogP contribution in [0.2, 0.25) is 0 Å². The molecule has 4 rings (SSSR count). The fourth-order valence-corrected chi connectivity index (χ4v) is 4.46. The monoisotopic (exact) mass is 501 g/mol. The molecule has 0 spiro atoms. The van der Waals surface area contributed by atoms with Crippen molar-refractivity contribution in [2.45, 2.75) is 24.7 Å². The lowest BCUT2D eigenvalue weighted by atomic mass is 10.1. The van der Waals surface area contributed by atoms with Crippen molar-refractivity contribution < 1.29 is 14.3 Å². The van der Waals surface area contributed by atoms with Gasteiger partial charge in [0.05, 0.1) is 18.9 Å². The quantitative estimate of drug-likeness (QED) is 0.238. The molecule has 0 saturated carbocycles. The number of hydrogen-bond acceptors (Lipinski definition) is 6. The van der Waals surface area contributed by atoms with Gasteiger partial charge in [0.2, 0.25) is 5.91 Å². The minimum Gasteiger partial charge on any atom is -0.497 e. The second-order valence-corrected chi connectivity index (χ2v) is 9.00. The maximum atomic E-state index is 12.7. The lowest BCUT2D eigenvalue weighted by molar-refractivity contribution is -0.113. The third-order valence-electron chi connectivity index (χ3n) is 5.51. The average molecular weight is 502 g/mol. The van der Waals surface area contributed by atoms with Gasteiger partial charge in [0.1, 0.15) is 5.75 Å². The van der Waals surface area contributed by atoms with Crippen molar-refractivity contribution in [2.24, 2.45) is 0 Å². The predicted molar refractivity (Wildman–Crippen MR) is 142 cm³/mol. The molecular formula is C27H27N5O3S. The van der Waals surface area contributed by atoms with Gasteiger partial charge in [-0.25, -0.2) is 0 Å². The fourth-order valence-electron chi connectivity index (χ4n) is 3.71. The van der Waals surface area contributed by atoms with E-state index >= 15 is 0 Å². The van der Waals surface area contributed by atoms with E-state index in [0.717, 1.165) is 16.5 Å². The van der Waals surface area contributed by atoms with Gasteiger partial charge in [0, 0.05) is 17.8 Å². The molecule has 2 N–H and O–H groups in total. The molecule has 0 aliphatic heterocycles. The topological polar surface area (TPSA) is 98.1 Å². The lowest BCUT2D eigenvalue weighted by Crippen LogP contribution is -2.28. The van der Waals surface area contributed by atoms with Crippen LogP contribution < -0.4 is 15.4 Å². The second kappa shape index (κ2) is 11.5. The first kappa shape index (κ1) is 25.0. The molecule has 0 radical (unpaired) electrons. The summed E-state index contributed by atoms with van der Waals surface area (Å²) < 4.78 is 6.99. The highest BCUT2D eigenvalue weighted by Gasteiger charge is 2.20. The first-order chi connectivity index (χ1) is 17.5. The van der Waals surface area contributed by atoms with Crippen LogP contribution in [-0.4, -0.2) is 39.4 Å². The number of fused-ring (bicyclic) bond motifs is 1. The van der Waals surface area contributed by atoms with Crippen LogP contribution in [0.3, 0.4) is 0 Å². The Morgan fingerprint density at radius 1 is 1.08 bits per heavy atom. The Hall–Kier alpha value is -4.11. The van der Waals surface area contributed by atoms with E-state index in [-0.39, 0.29) is 17.6 Å². The molecule has 1 atom stereocenters. The molecule has 1 heterocycles. The van der Waals surface area contributed by atoms with E-state index in [0.29, 0.717) is 28.8 Å². The van der Waals surface area contributed by atoms with Crippen molar-refractivity contribution in [2.75, 3.05) is 18.2 Å². The number of rotatable bonds is 10. The molecule has 0 saturated heterocycles. The van der Waals surface area contributed by atoms with Gasteiger partial charge in [-0.1, -0.05) is 48.2 Å². The number of carbonyl (C=O) groups excluding carboxylic acids is 2. The van der Waals surface area contributed by atoms with Crippen molar-refractivity contribution in [3.8, 4) is 5.75 Å². The normalized spacial score (nSPS) is 11.6. The van der Waals surface area contributed by atoms with Gasteiger partial charge < -0.3 is 19.9 Å². The maximum Gasteiger partial charge on any atom is 0.251 e. The van der Waals surface area contributed by atoms with E-state index in [4.69, 9.17) is 4.74 Å². The Kier molecular flexibility index (Phi) is 8.02. The Bertz CT molecular complexity index is 1380. The number of nitrogens with zero attached hydrogens (tertiary/aromatic N) is 3. The smallest absolute Gasteiger partial charge is 0.251 e. The summed E-state index contributed by atoms with van der Waals surface area (Å²) in [5, 5.41) is 17.2. The molecule has 0 aliphatic rings. The molecule has 2 amide bonds. The molecule has 36 heavy (non-hydrogen) atoms. The summed E-state index contributed by atoms with van der Waals surface area (Å²) in [4.78, 5) is 25.3. The van der Waals surface area contributed by atoms with Crippen LogP contribution in [0.5, 0.6) is 5.75 Å². The van der Waals surface area contributed by atoms with E-state index < -0.39 is 6.04 Å². The maximum absolute atomic E-state index is 12.7. The molecule has 4 aromatic rings. The zero-order valence-electron chi connectivity index (χ0n) is 20.1. The third-order valence-corrected chi connectivity index (χ3v) is 6.48.